The van der Waals surface area contributed by atoms with E-state index in [0.29, 0.717) is 11.1 Å². The van der Waals surface area contributed by atoms with Crippen LogP contribution in [0.2, 0.25) is 0 Å². The van der Waals surface area contributed by atoms with Gasteiger partial charge in [-0.25, -0.2) is 0 Å². The van der Waals surface area contributed by atoms with Crippen LogP contribution in [0.3, 0.4) is 0 Å². The molecule has 548 valence electrons. The molecule has 6 aromatic heterocycles. The number of nitriles is 2. The Hall–Kier alpha value is -15.8. The highest BCUT2D eigenvalue weighted by Crippen LogP contribution is 2.47. The normalized spacial score (nSPS) is 11.7. The largest absolute Gasteiger partial charge is 0.455 e. The van der Waals surface area contributed by atoms with Gasteiger partial charge in [-0.3, -0.25) is 0 Å². The third-order valence-electron chi connectivity index (χ3n) is 23.9. The van der Waals surface area contributed by atoms with Crippen LogP contribution < -0.4 is 0 Å². The zero-order valence-corrected chi connectivity index (χ0v) is 64.4. The van der Waals surface area contributed by atoms with E-state index in [4.69, 9.17) is 4.42 Å². The van der Waals surface area contributed by atoms with Gasteiger partial charge < -0.3 is 22.7 Å². The second kappa shape index (κ2) is 27.5. The predicted octanol–water partition coefficient (Wildman–Crippen LogP) is 29.8. The smallest absolute Gasteiger partial charge is 0.143 e. The molecule has 0 aliphatic carbocycles. The molecule has 0 saturated carbocycles. The Bertz CT molecular complexity index is 7870. The molecule has 0 spiro atoms. The fourth-order valence-electron chi connectivity index (χ4n) is 18.4. The van der Waals surface area contributed by atoms with Gasteiger partial charge in [0.2, 0.25) is 0 Å². The van der Waals surface area contributed by atoms with Crippen LogP contribution in [0, 0.1) is 22.7 Å². The molecule has 118 heavy (non-hydrogen) atoms. The summed E-state index contributed by atoms with van der Waals surface area (Å²) in [4.78, 5) is 0. The summed E-state index contributed by atoms with van der Waals surface area (Å²) >= 11 is 1.86. The second-order valence-corrected chi connectivity index (χ2v) is 31.5. The van der Waals surface area contributed by atoms with E-state index in [1.807, 2.05) is 59.9 Å². The second-order valence-electron chi connectivity index (χ2n) is 30.5. The summed E-state index contributed by atoms with van der Waals surface area (Å²) in [5, 5.41) is 34.1. The highest BCUT2D eigenvalue weighted by Gasteiger charge is 2.23. The maximum Gasteiger partial charge on any atom is 0.143 e. The summed E-state index contributed by atoms with van der Waals surface area (Å²) in [7, 11) is 0. The lowest BCUT2D eigenvalue weighted by molar-refractivity contribution is 0.670. The molecule has 0 fully saturated rings. The van der Waals surface area contributed by atoms with E-state index in [1.165, 1.54) is 102 Å². The number of benzene rings is 18. The van der Waals surface area contributed by atoms with Crippen molar-refractivity contribution < 1.29 is 4.42 Å². The monoisotopic (exact) mass is 1520 g/mol. The molecule has 0 aliphatic heterocycles. The first-order chi connectivity index (χ1) is 58.4. The van der Waals surface area contributed by atoms with Crippen LogP contribution in [0.15, 0.2) is 405 Å². The first kappa shape index (κ1) is 67.8. The van der Waals surface area contributed by atoms with Gasteiger partial charge in [-0.15, -0.1) is 11.3 Å². The fourth-order valence-corrected chi connectivity index (χ4v) is 19.7. The molecule has 18 aromatic carbocycles. The molecule has 0 saturated heterocycles. The topological polar surface area (TPSA) is 80.4 Å². The average Bonchev–Trinajstić information content (AvgIpc) is 1.61. The van der Waals surface area contributed by atoms with Gasteiger partial charge in [-0.1, -0.05) is 231 Å². The number of thiophene rings is 1. The molecule has 24 aromatic rings. The molecular weight excluding hydrogens is 1450 g/mol. The number of hydrogen-bond acceptors (Lipinski definition) is 4. The van der Waals surface area contributed by atoms with Crippen LogP contribution in [0.25, 0.3) is 219 Å². The number of hydrogen-bond donors (Lipinski definition) is 0. The molecule has 0 radical (unpaired) electrons. The highest BCUT2D eigenvalue weighted by molar-refractivity contribution is 7.26. The molecule has 6 heterocycles. The quantitative estimate of drug-likeness (QED) is 0.137. The van der Waals surface area contributed by atoms with Gasteiger partial charge in [0, 0.05) is 102 Å². The van der Waals surface area contributed by atoms with Gasteiger partial charge in [-0.05, 0) is 231 Å². The van der Waals surface area contributed by atoms with E-state index in [0.717, 1.165) is 116 Å². The van der Waals surface area contributed by atoms with Crippen LogP contribution in [-0.4, -0.2) is 18.3 Å². The number of furan rings is 1. The SMILES string of the molecule is N#Cc1cccc(-n2c3ccc(-c4cccc(-c5ccc6c(c5)c5ccccc5n6-c5ccccc5)c4)cc3c3cc(-c4cccc5c4oc4ccccc45)ccc32)c1.N#Cc1cccc(-n2c3ccc(-c4cccc(-c5ccc6c(c5)c5ccccc5n6-c5ccccc5)c4)cc3c3cc(-c4cccc5c4sc4ccccc45)ccc32)c1. The summed E-state index contributed by atoms with van der Waals surface area (Å²) in [5.41, 5.74) is 30.3. The van der Waals surface area contributed by atoms with Crippen molar-refractivity contribution in [3.8, 4) is 102 Å². The van der Waals surface area contributed by atoms with Crippen molar-refractivity contribution in [2.24, 2.45) is 0 Å². The van der Waals surface area contributed by atoms with Crippen molar-refractivity contribution in [2.75, 3.05) is 0 Å². The maximum absolute atomic E-state index is 9.84. The van der Waals surface area contributed by atoms with Gasteiger partial charge in [0.05, 0.1) is 67.4 Å². The molecule has 24 rings (SSSR count). The molecule has 0 unspecified atom stereocenters. The van der Waals surface area contributed by atoms with Gasteiger partial charge in [0.25, 0.3) is 0 Å². The summed E-state index contributed by atoms with van der Waals surface area (Å²) < 4.78 is 18.4. The van der Waals surface area contributed by atoms with Crippen molar-refractivity contribution in [2.45, 2.75) is 0 Å². The lowest BCUT2D eigenvalue weighted by atomic mass is 9.96. The Kier molecular flexibility index (Phi) is 15.8. The van der Waals surface area contributed by atoms with Crippen molar-refractivity contribution in [1.82, 2.24) is 18.3 Å². The van der Waals surface area contributed by atoms with Crippen molar-refractivity contribution in [3.05, 3.63) is 412 Å². The summed E-state index contributed by atoms with van der Waals surface area (Å²) in [6.07, 6.45) is 0. The van der Waals surface area contributed by atoms with E-state index in [9.17, 15) is 10.5 Å². The molecule has 0 amide bonds. The Morgan fingerprint density at radius 3 is 1.01 bits per heavy atom. The minimum Gasteiger partial charge on any atom is -0.455 e. The van der Waals surface area contributed by atoms with Crippen LogP contribution in [0.4, 0.5) is 0 Å². The first-order valence-electron chi connectivity index (χ1n) is 39.8. The number of aromatic nitrogens is 4. The molecular formula is C110H66N6OS. The fraction of sp³-hybridized carbons (Fsp3) is 0. The average molecular weight is 1520 g/mol. The maximum atomic E-state index is 9.84. The van der Waals surface area contributed by atoms with Crippen molar-refractivity contribution in [3.63, 3.8) is 0 Å². The van der Waals surface area contributed by atoms with Gasteiger partial charge in [0.15, 0.2) is 0 Å². The Labute approximate surface area is 682 Å². The lowest BCUT2D eigenvalue weighted by Crippen LogP contribution is -1.94. The Morgan fingerprint density at radius 2 is 0.534 bits per heavy atom. The number of rotatable bonds is 10. The summed E-state index contributed by atoms with van der Waals surface area (Å²) in [6, 6.07) is 148. The standard InChI is InChI=1S/C55H33N3O.C55H33N3S/c2*56-34-35-11-8-16-42(29-35)58-52-27-24-39(32-48(52)49-33-40(25-28-53(49)58)43-19-10-20-46-45-18-5-7-22-54(45)59-55(43)46)37-13-9-12-36(30-37)38-23-26-51-47(31-38)44-17-4-6-21-50(44)57(51)41-14-2-1-3-15-41/h2*1-33H. The van der Waals surface area contributed by atoms with E-state index in [2.05, 4.69) is 382 Å². The zero-order chi connectivity index (χ0) is 78.1. The van der Waals surface area contributed by atoms with E-state index < -0.39 is 0 Å². The van der Waals surface area contributed by atoms with E-state index in [-0.39, 0.29) is 0 Å². The molecule has 0 atom stereocenters. The summed E-state index contributed by atoms with van der Waals surface area (Å²) in [6.45, 7) is 0. The number of fused-ring (bicyclic) bond motifs is 18. The first-order valence-corrected chi connectivity index (χ1v) is 40.6. The zero-order valence-electron chi connectivity index (χ0n) is 63.6. The van der Waals surface area contributed by atoms with Gasteiger partial charge >= 0.3 is 0 Å². The van der Waals surface area contributed by atoms with Crippen LogP contribution in [-0.2, 0) is 0 Å². The molecule has 8 heteroatoms. The molecule has 0 aliphatic rings. The van der Waals surface area contributed by atoms with Crippen LogP contribution in [0.1, 0.15) is 11.1 Å². The van der Waals surface area contributed by atoms with Crippen LogP contribution in [0.5, 0.6) is 0 Å². The summed E-state index contributed by atoms with van der Waals surface area (Å²) in [5.74, 6) is 0. The minimum atomic E-state index is 0.627. The number of nitrogens with zero attached hydrogens (tertiary/aromatic N) is 6. The molecule has 7 nitrogen and oxygen atoms in total. The minimum absolute atomic E-state index is 0.627. The van der Waals surface area contributed by atoms with Gasteiger partial charge in [-0.2, -0.15) is 10.5 Å². The third kappa shape index (κ3) is 11.1. The number of para-hydroxylation sites is 6. The van der Waals surface area contributed by atoms with E-state index in [1.54, 1.807) is 0 Å². The Balaban J connectivity index is 0.000000138. The third-order valence-corrected chi connectivity index (χ3v) is 25.1. The van der Waals surface area contributed by atoms with Crippen LogP contribution >= 0.6 is 11.3 Å². The predicted molar refractivity (Wildman–Crippen MR) is 492 cm³/mol. The van der Waals surface area contributed by atoms with Crippen molar-refractivity contribution in [1.29, 1.82) is 10.5 Å². The van der Waals surface area contributed by atoms with E-state index >= 15 is 0 Å². The molecule has 0 bridgehead atoms. The lowest BCUT2D eigenvalue weighted by Gasteiger charge is -2.10. The highest BCUT2D eigenvalue weighted by atomic mass is 32.1. The molecule has 0 N–H and O–H groups in total. The van der Waals surface area contributed by atoms with Crippen molar-refractivity contribution >= 4 is 141 Å². The Morgan fingerprint density at radius 1 is 0.212 bits per heavy atom. The van der Waals surface area contributed by atoms with Gasteiger partial charge in [0.1, 0.15) is 11.2 Å².